The van der Waals surface area contributed by atoms with E-state index in [1.54, 1.807) is 27.7 Å². The third-order valence-electron chi connectivity index (χ3n) is 11.0. The number of guanidine groups is 1. The third-order valence-corrected chi connectivity index (χ3v) is 11.4. The number of hydrogen-bond acceptors (Lipinski definition) is 14. The molecular weight excluding hydrogens is 879 g/mol. The summed E-state index contributed by atoms with van der Waals surface area (Å²) in [7, 11) is 0. The fraction of sp³-hybridized carbons (Fsp3) is 0.786. The van der Waals surface area contributed by atoms with Crippen molar-refractivity contribution in [3.05, 3.63) is 0 Å². The van der Waals surface area contributed by atoms with Gasteiger partial charge in [0.1, 0.15) is 42.3 Å². The summed E-state index contributed by atoms with van der Waals surface area (Å²) in [6.45, 7) is 10.5. The van der Waals surface area contributed by atoms with Crippen molar-refractivity contribution < 1.29 is 48.6 Å². The Kier molecular flexibility index (Phi) is 31.2. The van der Waals surface area contributed by atoms with Crippen molar-refractivity contribution in [2.45, 2.75) is 161 Å². The van der Waals surface area contributed by atoms with Crippen molar-refractivity contribution in [3.63, 3.8) is 0 Å². The normalized spacial score (nSPS) is 15.8. The van der Waals surface area contributed by atoms with Crippen LogP contribution in [0.4, 0.5) is 0 Å². The second-order valence-corrected chi connectivity index (χ2v) is 17.4. The first-order valence-electron chi connectivity index (χ1n) is 22.9. The lowest BCUT2D eigenvalue weighted by Crippen LogP contribution is -2.61. The van der Waals surface area contributed by atoms with Gasteiger partial charge in [0, 0.05) is 12.3 Å². The molecule has 66 heavy (non-hydrogen) atoms. The van der Waals surface area contributed by atoms with Crippen LogP contribution in [-0.2, 0) is 38.4 Å². The molecule has 0 aliphatic carbocycles. The van der Waals surface area contributed by atoms with Gasteiger partial charge in [-0.3, -0.25) is 38.6 Å². The van der Waals surface area contributed by atoms with E-state index in [2.05, 4.69) is 54.8 Å². The molecular formula is C42H81N13O10S. The molecule has 0 aromatic carbocycles. The summed E-state index contributed by atoms with van der Waals surface area (Å²) in [6.07, 6.45) is 3.73. The molecule has 0 radical (unpaired) electrons. The van der Waals surface area contributed by atoms with Gasteiger partial charge in [-0.15, -0.1) is 0 Å². The minimum atomic E-state index is -1.62. The van der Waals surface area contributed by atoms with Crippen molar-refractivity contribution in [2.75, 3.05) is 32.0 Å². The number of unbranched alkanes of at least 4 members (excludes halogenated alkanes) is 2. The molecule has 0 aliphatic heterocycles. The highest BCUT2D eigenvalue weighted by Gasteiger charge is 2.36. The molecule has 7 amide bonds. The molecule has 0 aromatic rings. The fourth-order valence-electron chi connectivity index (χ4n) is 6.51. The number of aliphatic imine (C=N–C) groups is 1. The topological polar surface area (TPSA) is 404 Å². The maximum atomic E-state index is 14.2. The zero-order valence-corrected chi connectivity index (χ0v) is 40.5. The monoisotopic (exact) mass is 960 g/mol. The van der Waals surface area contributed by atoms with Gasteiger partial charge in [-0.2, -0.15) is 12.6 Å². The lowest BCUT2D eigenvalue weighted by Gasteiger charge is -2.30. The highest BCUT2D eigenvalue weighted by molar-refractivity contribution is 7.80. The predicted octanol–water partition coefficient (Wildman–Crippen LogP) is -2.84. The van der Waals surface area contributed by atoms with Gasteiger partial charge in [-0.05, 0) is 82.2 Å². The van der Waals surface area contributed by atoms with E-state index in [1.165, 1.54) is 0 Å². The standard InChI is InChI=1S/C42H81N13O10S/c1-7-24(5)32(39(62)50-27(15-10-12-18-44)35(58)55-33(25(6)8-2)40(63)52-30(21-56)41(64)65)54-36(59)28(16-13-19-48-42(46)47)49-37(60)29(20-23(3)4)51-38(61)31(22-66)53-34(57)26(45)14-9-11-17-43/h23-33,56,66H,7-22,43-45H2,1-6H3,(H,49,60)(H,50,62)(H,51,61)(H,52,63)(H,53,57)(H,54,59)(H,55,58)(H,64,65)(H4,46,47,48). The number of aliphatic carboxylic acids is 1. The van der Waals surface area contributed by atoms with Gasteiger partial charge in [0.2, 0.25) is 41.4 Å². The lowest BCUT2D eigenvalue weighted by molar-refractivity contribution is -0.143. The van der Waals surface area contributed by atoms with E-state index >= 15 is 0 Å². The SMILES string of the molecule is CCC(C)C(NC(=O)C(CCCCN)NC(=O)C(NC(=O)C(CCCN=C(N)N)NC(=O)C(CC(C)C)NC(=O)C(CS)NC(=O)C(N)CCCCN)C(C)CC)C(=O)NC(CO)C(=O)O. The van der Waals surface area contributed by atoms with Gasteiger partial charge < -0.3 is 76.1 Å². The summed E-state index contributed by atoms with van der Waals surface area (Å²) < 4.78 is 0. The summed E-state index contributed by atoms with van der Waals surface area (Å²) in [5.74, 6) is -8.00. The summed E-state index contributed by atoms with van der Waals surface area (Å²) in [5.41, 5.74) is 28.3. The summed E-state index contributed by atoms with van der Waals surface area (Å²) in [5, 5.41) is 37.2. The maximum Gasteiger partial charge on any atom is 0.328 e. The number of nitrogens with one attached hydrogen (secondary N) is 7. The fourth-order valence-corrected chi connectivity index (χ4v) is 6.77. The van der Waals surface area contributed by atoms with Gasteiger partial charge >= 0.3 is 5.97 Å². The molecule has 380 valence electrons. The number of aliphatic hydroxyl groups excluding tert-OH is 1. The Morgan fingerprint density at radius 2 is 0.970 bits per heavy atom. The van der Waals surface area contributed by atoms with Crippen molar-refractivity contribution in [2.24, 2.45) is 51.4 Å². The van der Waals surface area contributed by atoms with Crippen molar-refractivity contribution in [3.8, 4) is 0 Å². The first kappa shape index (κ1) is 61.2. The third kappa shape index (κ3) is 23.6. The minimum Gasteiger partial charge on any atom is -0.480 e. The number of thiol groups is 1. The highest BCUT2D eigenvalue weighted by Crippen LogP contribution is 2.14. The van der Waals surface area contributed by atoms with Crippen LogP contribution in [0.15, 0.2) is 4.99 Å². The van der Waals surface area contributed by atoms with Gasteiger partial charge in [-0.1, -0.05) is 60.8 Å². The summed E-state index contributed by atoms with van der Waals surface area (Å²) in [4.78, 5) is 111. The molecule has 0 fully saturated rings. The van der Waals surface area contributed by atoms with Crippen LogP contribution < -0.4 is 65.9 Å². The van der Waals surface area contributed by atoms with Crippen molar-refractivity contribution >= 4 is 65.9 Å². The van der Waals surface area contributed by atoms with E-state index in [1.807, 2.05) is 13.8 Å². The molecule has 24 heteroatoms. The van der Waals surface area contributed by atoms with Crippen LogP contribution in [0.2, 0.25) is 0 Å². The van der Waals surface area contributed by atoms with Crippen LogP contribution in [0.5, 0.6) is 0 Å². The number of carbonyl (C=O) groups is 8. The van der Waals surface area contributed by atoms with Crippen molar-refractivity contribution in [1.29, 1.82) is 0 Å². The molecule has 10 unspecified atom stereocenters. The molecule has 0 saturated heterocycles. The molecule has 0 spiro atoms. The maximum absolute atomic E-state index is 14.2. The Labute approximate surface area is 394 Å². The first-order chi connectivity index (χ1) is 31.1. The summed E-state index contributed by atoms with van der Waals surface area (Å²) in [6, 6.07) is -9.83. The molecule has 0 rings (SSSR count). The zero-order valence-electron chi connectivity index (χ0n) is 39.6. The van der Waals surface area contributed by atoms with Gasteiger partial charge in [0.05, 0.1) is 12.6 Å². The number of nitrogens with zero attached hydrogens (tertiary/aromatic N) is 1. The molecule has 0 bridgehead atoms. The predicted molar refractivity (Wildman–Crippen MR) is 254 cm³/mol. The van der Waals surface area contributed by atoms with E-state index < -0.39 is 114 Å². The number of aliphatic hydroxyl groups is 1. The molecule has 0 aromatic heterocycles. The summed E-state index contributed by atoms with van der Waals surface area (Å²) >= 11 is 4.24. The number of rotatable bonds is 35. The lowest BCUT2D eigenvalue weighted by atomic mass is 9.95. The Balaban J connectivity index is 6.64. The van der Waals surface area contributed by atoms with E-state index in [9.17, 15) is 48.6 Å². The first-order valence-corrected chi connectivity index (χ1v) is 23.5. The van der Waals surface area contributed by atoms with Crippen LogP contribution in [-0.4, -0.2) is 144 Å². The minimum absolute atomic E-state index is 0.00882. The smallest absolute Gasteiger partial charge is 0.328 e. The quantitative estimate of drug-likeness (QED) is 0.0132. The highest BCUT2D eigenvalue weighted by atomic mass is 32.1. The number of carbonyl (C=O) groups excluding carboxylic acids is 7. The molecule has 0 saturated carbocycles. The second kappa shape index (κ2) is 33.7. The van der Waals surface area contributed by atoms with Crippen LogP contribution >= 0.6 is 12.6 Å². The van der Waals surface area contributed by atoms with Crippen LogP contribution in [0, 0.1) is 17.8 Å². The van der Waals surface area contributed by atoms with E-state index in [0.717, 1.165) is 0 Å². The van der Waals surface area contributed by atoms with E-state index in [-0.39, 0.29) is 49.9 Å². The number of hydrogen-bond donors (Lipinski definition) is 15. The number of carboxylic acids is 1. The van der Waals surface area contributed by atoms with Crippen LogP contribution in [0.25, 0.3) is 0 Å². The Bertz CT molecular complexity index is 1570. The van der Waals surface area contributed by atoms with Gasteiger partial charge in [-0.25, -0.2) is 4.79 Å². The van der Waals surface area contributed by atoms with Crippen molar-refractivity contribution in [1.82, 2.24) is 37.2 Å². The molecule has 0 heterocycles. The largest absolute Gasteiger partial charge is 0.480 e. The average Bonchev–Trinajstić information content (AvgIpc) is 3.27. The Hall–Kier alpha value is -4.78. The Morgan fingerprint density at radius 1 is 0.561 bits per heavy atom. The molecule has 19 N–H and O–H groups in total. The number of nitrogens with two attached hydrogens (primary N) is 5. The van der Waals surface area contributed by atoms with Gasteiger partial charge in [0.25, 0.3) is 0 Å². The molecule has 23 nitrogen and oxygen atoms in total. The second-order valence-electron chi connectivity index (χ2n) is 17.0. The molecule has 10 atom stereocenters. The average molecular weight is 960 g/mol. The van der Waals surface area contributed by atoms with E-state index in [4.69, 9.17) is 28.7 Å². The van der Waals surface area contributed by atoms with Crippen LogP contribution in [0.1, 0.15) is 112 Å². The molecule has 0 aliphatic rings. The number of amides is 7. The van der Waals surface area contributed by atoms with Gasteiger partial charge in [0.15, 0.2) is 5.96 Å². The Morgan fingerprint density at radius 3 is 1.39 bits per heavy atom. The van der Waals surface area contributed by atoms with Crippen LogP contribution in [0.3, 0.4) is 0 Å². The zero-order chi connectivity index (χ0) is 50.5. The van der Waals surface area contributed by atoms with E-state index in [0.29, 0.717) is 58.0 Å². The number of carboxylic acid groups (broad SMARTS) is 1.